The van der Waals surface area contributed by atoms with E-state index in [1.807, 2.05) is 10.7 Å². The average Bonchev–Trinajstić information content (AvgIpc) is 3.06. The van der Waals surface area contributed by atoms with Crippen molar-refractivity contribution in [2.75, 3.05) is 12.8 Å². The van der Waals surface area contributed by atoms with Gasteiger partial charge in [-0.05, 0) is 47.9 Å². The fourth-order valence-corrected chi connectivity index (χ4v) is 3.04. The van der Waals surface area contributed by atoms with Crippen LogP contribution in [0.4, 0.5) is 5.69 Å². The molecule has 0 bridgehead atoms. The van der Waals surface area contributed by atoms with Gasteiger partial charge in [-0.1, -0.05) is 11.6 Å². The number of methoxy groups -OCH3 is 1. The maximum atomic E-state index is 6.25. The molecule has 1 fully saturated rings. The Hall–Kier alpha value is -1.66. The Morgan fingerprint density at radius 3 is 3.00 bits per heavy atom. The van der Waals surface area contributed by atoms with E-state index in [9.17, 15) is 0 Å². The summed E-state index contributed by atoms with van der Waals surface area (Å²) in [5, 5.41) is 12.6. The standard InChI is InChI=1S/C13H16ClN5O/c1-20-12-4-2-3-11(12)19-13(16-17-18-19)9-6-5-8(15)7-10(9)14/h5-7,11-12H,2-4,15H2,1H3. The number of hydrogen-bond acceptors (Lipinski definition) is 5. The summed E-state index contributed by atoms with van der Waals surface area (Å²) in [4.78, 5) is 0. The van der Waals surface area contributed by atoms with Crippen LogP contribution in [0.2, 0.25) is 5.02 Å². The van der Waals surface area contributed by atoms with Crippen molar-refractivity contribution in [3.05, 3.63) is 23.2 Å². The predicted molar refractivity (Wildman–Crippen MR) is 76.4 cm³/mol. The molecule has 0 amide bonds. The zero-order chi connectivity index (χ0) is 14.1. The Labute approximate surface area is 121 Å². The first kappa shape index (κ1) is 13.3. The summed E-state index contributed by atoms with van der Waals surface area (Å²) in [7, 11) is 1.73. The van der Waals surface area contributed by atoms with Gasteiger partial charge in [-0.2, -0.15) is 0 Å². The maximum Gasteiger partial charge on any atom is 0.183 e. The van der Waals surface area contributed by atoms with Crippen molar-refractivity contribution in [2.24, 2.45) is 0 Å². The van der Waals surface area contributed by atoms with Crippen molar-refractivity contribution in [3.8, 4) is 11.4 Å². The molecule has 6 nitrogen and oxygen atoms in total. The molecule has 2 atom stereocenters. The van der Waals surface area contributed by atoms with E-state index in [0.717, 1.165) is 24.8 Å². The molecule has 0 spiro atoms. The molecule has 3 rings (SSSR count). The highest BCUT2D eigenvalue weighted by atomic mass is 35.5. The molecule has 0 radical (unpaired) electrons. The molecule has 2 aromatic rings. The largest absolute Gasteiger partial charge is 0.399 e. The van der Waals surface area contributed by atoms with Gasteiger partial charge >= 0.3 is 0 Å². The van der Waals surface area contributed by atoms with Crippen LogP contribution in [0.1, 0.15) is 25.3 Å². The molecule has 1 aliphatic rings. The minimum Gasteiger partial charge on any atom is -0.399 e. The summed E-state index contributed by atoms with van der Waals surface area (Å²) >= 11 is 6.25. The molecule has 1 aromatic heterocycles. The number of aromatic nitrogens is 4. The quantitative estimate of drug-likeness (QED) is 0.879. The van der Waals surface area contributed by atoms with E-state index in [0.29, 0.717) is 16.5 Å². The second-order valence-corrected chi connectivity index (χ2v) is 5.37. The molecule has 1 aliphatic carbocycles. The lowest BCUT2D eigenvalue weighted by Gasteiger charge is -2.19. The van der Waals surface area contributed by atoms with Crippen molar-refractivity contribution in [3.63, 3.8) is 0 Å². The van der Waals surface area contributed by atoms with Crippen LogP contribution in [0.15, 0.2) is 18.2 Å². The third-order valence-corrected chi connectivity index (χ3v) is 4.07. The zero-order valence-corrected chi connectivity index (χ0v) is 11.9. The van der Waals surface area contributed by atoms with E-state index in [2.05, 4.69) is 15.5 Å². The number of anilines is 1. The molecule has 20 heavy (non-hydrogen) atoms. The number of ether oxygens (including phenoxy) is 1. The molecule has 2 N–H and O–H groups in total. The van der Waals surface area contributed by atoms with E-state index in [1.54, 1.807) is 19.2 Å². The maximum absolute atomic E-state index is 6.25. The number of nitrogens with zero attached hydrogens (tertiary/aromatic N) is 4. The van der Waals surface area contributed by atoms with E-state index in [1.165, 1.54) is 0 Å². The summed E-state index contributed by atoms with van der Waals surface area (Å²) in [6.45, 7) is 0. The molecule has 1 saturated carbocycles. The normalized spacial score (nSPS) is 22.3. The lowest BCUT2D eigenvalue weighted by molar-refractivity contribution is 0.0708. The van der Waals surface area contributed by atoms with Crippen LogP contribution < -0.4 is 5.73 Å². The van der Waals surface area contributed by atoms with E-state index >= 15 is 0 Å². The predicted octanol–water partition coefficient (Wildman–Crippen LogP) is 2.32. The highest BCUT2D eigenvalue weighted by Gasteiger charge is 2.32. The summed E-state index contributed by atoms with van der Waals surface area (Å²) in [5.41, 5.74) is 7.13. The van der Waals surface area contributed by atoms with Crippen LogP contribution in [0.5, 0.6) is 0 Å². The summed E-state index contributed by atoms with van der Waals surface area (Å²) < 4.78 is 7.34. The second-order valence-electron chi connectivity index (χ2n) is 4.96. The number of tetrazole rings is 1. The van der Waals surface area contributed by atoms with Crippen molar-refractivity contribution in [1.82, 2.24) is 20.2 Å². The van der Waals surface area contributed by atoms with Crippen LogP contribution in [0, 0.1) is 0 Å². The molecule has 1 aromatic carbocycles. The van der Waals surface area contributed by atoms with E-state index in [-0.39, 0.29) is 12.1 Å². The van der Waals surface area contributed by atoms with Crippen LogP contribution in [0.25, 0.3) is 11.4 Å². The molecule has 0 aliphatic heterocycles. The smallest absolute Gasteiger partial charge is 0.183 e. The number of hydrogen-bond donors (Lipinski definition) is 1. The highest BCUT2D eigenvalue weighted by molar-refractivity contribution is 6.33. The van der Waals surface area contributed by atoms with Crippen LogP contribution in [-0.4, -0.2) is 33.4 Å². The molecular weight excluding hydrogens is 278 g/mol. The minimum absolute atomic E-state index is 0.143. The molecular formula is C13H16ClN5O. The lowest BCUT2D eigenvalue weighted by atomic mass is 10.1. The average molecular weight is 294 g/mol. The van der Waals surface area contributed by atoms with Crippen molar-refractivity contribution < 1.29 is 4.74 Å². The van der Waals surface area contributed by atoms with Gasteiger partial charge < -0.3 is 10.5 Å². The summed E-state index contributed by atoms with van der Waals surface area (Å²) in [6, 6.07) is 5.50. The fraction of sp³-hybridized carbons (Fsp3) is 0.462. The van der Waals surface area contributed by atoms with Gasteiger partial charge in [0.05, 0.1) is 17.2 Å². The van der Waals surface area contributed by atoms with E-state index in [4.69, 9.17) is 22.1 Å². The summed E-state index contributed by atoms with van der Waals surface area (Å²) in [5.74, 6) is 0.656. The fourth-order valence-electron chi connectivity index (χ4n) is 2.77. The SMILES string of the molecule is COC1CCCC1n1nnnc1-c1ccc(N)cc1Cl. The molecule has 2 unspecified atom stereocenters. The number of benzene rings is 1. The van der Waals surface area contributed by atoms with Gasteiger partial charge in [-0.25, -0.2) is 4.68 Å². The molecule has 106 valence electrons. The van der Waals surface area contributed by atoms with E-state index < -0.39 is 0 Å². The number of rotatable bonds is 3. The summed E-state index contributed by atoms with van der Waals surface area (Å²) in [6.07, 6.45) is 3.28. The molecule has 1 heterocycles. The van der Waals surface area contributed by atoms with Crippen LogP contribution in [0.3, 0.4) is 0 Å². The van der Waals surface area contributed by atoms with Gasteiger partial charge in [0.15, 0.2) is 5.82 Å². The number of nitrogens with two attached hydrogens (primary N) is 1. The Kier molecular flexibility index (Phi) is 3.58. The highest BCUT2D eigenvalue weighted by Crippen LogP contribution is 2.35. The Bertz CT molecular complexity index is 615. The van der Waals surface area contributed by atoms with Gasteiger partial charge in [-0.3, -0.25) is 0 Å². The number of nitrogen functional groups attached to an aromatic ring is 1. The van der Waals surface area contributed by atoms with Crippen LogP contribution >= 0.6 is 11.6 Å². The Morgan fingerprint density at radius 1 is 1.40 bits per heavy atom. The Morgan fingerprint density at radius 2 is 2.25 bits per heavy atom. The second kappa shape index (κ2) is 5.38. The third kappa shape index (κ3) is 2.25. The first-order valence-corrected chi connectivity index (χ1v) is 6.94. The third-order valence-electron chi connectivity index (χ3n) is 3.76. The van der Waals surface area contributed by atoms with Crippen molar-refractivity contribution >= 4 is 17.3 Å². The lowest BCUT2D eigenvalue weighted by Crippen LogP contribution is -2.22. The monoisotopic (exact) mass is 293 g/mol. The molecule has 7 heteroatoms. The van der Waals surface area contributed by atoms with Gasteiger partial charge in [-0.15, -0.1) is 5.10 Å². The minimum atomic E-state index is 0.143. The first-order chi connectivity index (χ1) is 9.70. The Balaban J connectivity index is 2.01. The van der Waals surface area contributed by atoms with Gasteiger partial charge in [0.2, 0.25) is 0 Å². The van der Waals surface area contributed by atoms with Gasteiger partial charge in [0.25, 0.3) is 0 Å². The van der Waals surface area contributed by atoms with Gasteiger partial charge in [0.1, 0.15) is 0 Å². The number of halogens is 1. The topological polar surface area (TPSA) is 78.8 Å². The van der Waals surface area contributed by atoms with Gasteiger partial charge in [0, 0.05) is 18.4 Å². The zero-order valence-electron chi connectivity index (χ0n) is 11.2. The molecule has 0 saturated heterocycles. The van der Waals surface area contributed by atoms with Crippen molar-refractivity contribution in [2.45, 2.75) is 31.4 Å². The first-order valence-electron chi connectivity index (χ1n) is 6.56. The van der Waals surface area contributed by atoms with Crippen molar-refractivity contribution in [1.29, 1.82) is 0 Å². The van der Waals surface area contributed by atoms with Crippen LogP contribution in [-0.2, 0) is 4.74 Å².